The molecule has 0 aromatic rings. The van der Waals surface area contributed by atoms with Crippen molar-refractivity contribution in [1.29, 1.82) is 0 Å². The Balaban J connectivity index is 1.70. The van der Waals surface area contributed by atoms with Crippen molar-refractivity contribution >= 4 is 17.7 Å². The van der Waals surface area contributed by atoms with E-state index in [4.69, 9.17) is 14.2 Å². The van der Waals surface area contributed by atoms with Crippen molar-refractivity contribution < 1.29 is 38.8 Å². The van der Waals surface area contributed by atoms with Crippen LogP contribution < -0.4 is 0 Å². The van der Waals surface area contributed by atoms with Gasteiger partial charge in [0.15, 0.2) is 5.78 Å². The largest absolute Gasteiger partial charge is 0.465 e. The number of aliphatic hydroxyl groups excluding tert-OH is 1. The molecule has 2 aliphatic heterocycles. The molecule has 6 aliphatic rings. The third kappa shape index (κ3) is 2.36. The highest BCUT2D eigenvalue weighted by molar-refractivity contribution is 6.04. The second-order valence-corrected chi connectivity index (χ2v) is 10.9. The Hall–Kier alpha value is -1.77. The maximum absolute atomic E-state index is 13.6. The van der Waals surface area contributed by atoms with E-state index in [0.717, 1.165) is 6.42 Å². The Bertz CT molecular complexity index is 914. The Kier molecular flexibility index (Phi) is 4.57. The van der Waals surface area contributed by atoms with Gasteiger partial charge in [-0.3, -0.25) is 14.4 Å². The standard InChI is InChI=1S/C24H32O8/c1-12-15-5-6-16-22-11-31-24(29,23(16,9-15)19(12)27)20(28)18(22)21(4,10-30-13(2)25)8-7-17(22)32-14(3)26/h15-18,20,28-29H,1,5-11H2,2-4H3/t15-,16+,17-,18-,20+,21-,22-,23+,24-/m1/s1. The third-order valence-electron chi connectivity index (χ3n) is 9.52. The van der Waals surface area contributed by atoms with E-state index in [9.17, 15) is 24.6 Å². The lowest BCUT2D eigenvalue weighted by Gasteiger charge is -2.74. The molecule has 6 rings (SSSR count). The van der Waals surface area contributed by atoms with E-state index in [1.807, 2.05) is 6.92 Å². The second kappa shape index (κ2) is 6.64. The molecule has 0 aromatic heterocycles. The SMILES string of the molecule is C=C1C(=O)[C@]23C[C@H]1CC[C@H]2[C@@]12CO[C@]3(O)[C@@H](O)[C@@H]1[C@@](C)(COC(C)=O)CC[C@H]2OC(C)=O. The number of hydrogen-bond donors (Lipinski definition) is 2. The normalized spacial score (nSPS) is 51.1. The lowest BCUT2D eigenvalue weighted by atomic mass is 9.36. The summed E-state index contributed by atoms with van der Waals surface area (Å²) in [5.74, 6) is -4.13. The number of carbonyl (C=O) groups excluding carboxylic acids is 3. The summed E-state index contributed by atoms with van der Waals surface area (Å²) in [4.78, 5) is 37.3. The lowest BCUT2D eigenvalue weighted by molar-refractivity contribution is -0.450. The van der Waals surface area contributed by atoms with Crippen LogP contribution >= 0.6 is 0 Å². The molecule has 0 aromatic carbocycles. The maximum Gasteiger partial charge on any atom is 0.302 e. The highest BCUT2D eigenvalue weighted by Gasteiger charge is 2.85. The number of esters is 2. The molecule has 0 radical (unpaired) electrons. The van der Waals surface area contributed by atoms with Gasteiger partial charge in [0.1, 0.15) is 12.2 Å². The van der Waals surface area contributed by atoms with Gasteiger partial charge in [-0.2, -0.15) is 0 Å². The molecular formula is C24H32O8. The fraction of sp³-hybridized carbons (Fsp3) is 0.792. The van der Waals surface area contributed by atoms with Crippen molar-refractivity contribution in [2.45, 2.75) is 70.9 Å². The number of fused-ring (bicyclic) bond motifs is 2. The molecule has 8 heteroatoms. The molecule has 9 atom stereocenters. The Morgan fingerprint density at radius 3 is 2.59 bits per heavy atom. The first kappa shape index (κ1) is 22.0. The van der Waals surface area contributed by atoms with Gasteiger partial charge in [-0.25, -0.2) is 0 Å². The Morgan fingerprint density at radius 1 is 1.22 bits per heavy atom. The van der Waals surface area contributed by atoms with Crippen LogP contribution in [0.15, 0.2) is 12.2 Å². The fourth-order valence-electron chi connectivity index (χ4n) is 8.42. The number of ether oxygens (including phenoxy) is 3. The number of carbonyl (C=O) groups is 3. The molecule has 0 unspecified atom stereocenters. The quantitative estimate of drug-likeness (QED) is 0.493. The van der Waals surface area contributed by atoms with Gasteiger partial charge in [-0.05, 0) is 49.5 Å². The van der Waals surface area contributed by atoms with Crippen LogP contribution in [0.1, 0.15) is 52.9 Å². The number of hydrogen-bond acceptors (Lipinski definition) is 8. The molecule has 2 heterocycles. The van der Waals surface area contributed by atoms with Crippen molar-refractivity contribution in [3.8, 4) is 0 Å². The van der Waals surface area contributed by atoms with Crippen LogP contribution in [-0.4, -0.2) is 59.1 Å². The van der Waals surface area contributed by atoms with Crippen molar-refractivity contribution in [1.82, 2.24) is 0 Å². The van der Waals surface area contributed by atoms with Gasteiger partial charge in [0.25, 0.3) is 0 Å². The minimum atomic E-state index is -2.06. The summed E-state index contributed by atoms with van der Waals surface area (Å²) in [6.07, 6.45) is 0.825. The van der Waals surface area contributed by atoms with Gasteiger partial charge < -0.3 is 24.4 Å². The highest BCUT2D eigenvalue weighted by atomic mass is 16.6. The summed E-state index contributed by atoms with van der Waals surface area (Å²) >= 11 is 0. The smallest absolute Gasteiger partial charge is 0.302 e. The van der Waals surface area contributed by atoms with Crippen molar-refractivity contribution in [2.75, 3.05) is 13.2 Å². The first-order chi connectivity index (χ1) is 14.9. The number of Topliss-reactive ketones (excluding diaryl/α,β-unsaturated/α-hetero) is 1. The molecule has 8 nitrogen and oxygen atoms in total. The topological polar surface area (TPSA) is 119 Å². The third-order valence-corrected chi connectivity index (χ3v) is 9.52. The molecule has 0 amide bonds. The Labute approximate surface area is 187 Å². The maximum atomic E-state index is 13.6. The Morgan fingerprint density at radius 2 is 1.94 bits per heavy atom. The number of aliphatic hydroxyl groups is 2. The van der Waals surface area contributed by atoms with Gasteiger partial charge in [-0.15, -0.1) is 0 Å². The molecule has 32 heavy (non-hydrogen) atoms. The number of rotatable bonds is 3. The monoisotopic (exact) mass is 448 g/mol. The zero-order valence-corrected chi connectivity index (χ0v) is 18.9. The minimum absolute atomic E-state index is 0.0454. The summed E-state index contributed by atoms with van der Waals surface area (Å²) in [5.41, 5.74) is -2.39. The molecule has 4 bridgehead atoms. The predicted octanol–water partition coefficient (Wildman–Crippen LogP) is 1.52. The van der Waals surface area contributed by atoms with Gasteiger partial charge in [-0.1, -0.05) is 13.5 Å². The summed E-state index contributed by atoms with van der Waals surface area (Å²) in [6, 6.07) is 0. The van der Waals surface area contributed by atoms with E-state index in [0.29, 0.717) is 31.3 Å². The van der Waals surface area contributed by atoms with E-state index in [2.05, 4.69) is 6.58 Å². The molecule has 2 N–H and O–H groups in total. The van der Waals surface area contributed by atoms with Gasteiger partial charge >= 0.3 is 11.9 Å². The van der Waals surface area contributed by atoms with E-state index in [1.165, 1.54) is 13.8 Å². The van der Waals surface area contributed by atoms with Gasteiger partial charge in [0, 0.05) is 30.6 Å². The second-order valence-electron chi connectivity index (χ2n) is 10.9. The van der Waals surface area contributed by atoms with E-state index < -0.39 is 52.1 Å². The summed E-state index contributed by atoms with van der Waals surface area (Å²) in [6.45, 7) is 8.77. The van der Waals surface area contributed by atoms with Crippen molar-refractivity contribution in [3.63, 3.8) is 0 Å². The summed E-state index contributed by atoms with van der Waals surface area (Å²) in [7, 11) is 0. The molecule has 2 spiro atoms. The fourth-order valence-corrected chi connectivity index (χ4v) is 8.42. The molecule has 2 saturated heterocycles. The average Bonchev–Trinajstić information content (AvgIpc) is 2.92. The zero-order chi connectivity index (χ0) is 23.3. The van der Waals surface area contributed by atoms with Crippen LogP contribution in [-0.2, 0) is 28.6 Å². The first-order valence-corrected chi connectivity index (χ1v) is 11.5. The molecular weight excluding hydrogens is 416 g/mol. The van der Waals surface area contributed by atoms with Gasteiger partial charge in [0.2, 0.25) is 5.79 Å². The van der Waals surface area contributed by atoms with Crippen molar-refractivity contribution in [2.24, 2.45) is 34.0 Å². The molecule has 4 saturated carbocycles. The van der Waals surface area contributed by atoms with Crippen molar-refractivity contribution in [3.05, 3.63) is 12.2 Å². The van der Waals surface area contributed by atoms with Gasteiger partial charge in [0.05, 0.1) is 18.6 Å². The van der Waals surface area contributed by atoms with Crippen LogP contribution in [0.4, 0.5) is 0 Å². The predicted molar refractivity (Wildman–Crippen MR) is 110 cm³/mol. The van der Waals surface area contributed by atoms with Crippen LogP contribution in [0.3, 0.4) is 0 Å². The summed E-state index contributed by atoms with van der Waals surface area (Å²) in [5, 5.41) is 23.6. The van der Waals surface area contributed by atoms with E-state index in [-0.39, 0.29) is 30.8 Å². The average molecular weight is 449 g/mol. The first-order valence-electron chi connectivity index (χ1n) is 11.5. The van der Waals surface area contributed by atoms with Crippen LogP contribution in [0.25, 0.3) is 0 Å². The van der Waals surface area contributed by atoms with Crippen LogP contribution in [0.2, 0.25) is 0 Å². The van der Waals surface area contributed by atoms with E-state index >= 15 is 0 Å². The molecule has 4 aliphatic carbocycles. The van der Waals surface area contributed by atoms with Crippen LogP contribution in [0, 0.1) is 34.0 Å². The highest BCUT2D eigenvalue weighted by Crippen LogP contribution is 2.76. The zero-order valence-electron chi connectivity index (χ0n) is 18.9. The van der Waals surface area contributed by atoms with Crippen LogP contribution in [0.5, 0.6) is 0 Å². The summed E-state index contributed by atoms with van der Waals surface area (Å²) < 4.78 is 17.3. The lowest BCUT2D eigenvalue weighted by Crippen LogP contribution is -2.84. The molecule has 176 valence electrons. The minimum Gasteiger partial charge on any atom is -0.465 e. The molecule has 6 fully saturated rings. The van der Waals surface area contributed by atoms with E-state index in [1.54, 1.807) is 0 Å². The number of allylic oxidation sites excluding steroid dienone is 1. The number of ketones is 1.